The lowest BCUT2D eigenvalue weighted by atomic mass is 9.72. The Hall–Kier alpha value is -0.120. The van der Waals surface area contributed by atoms with E-state index in [1.54, 1.807) is 0 Å². The topological polar surface area (TPSA) is 24.5 Å². The number of methoxy groups -OCH3 is 1. The molecule has 1 aliphatic heterocycles. The Bertz CT molecular complexity index is 295. The number of nitrogens with zero attached hydrogens (tertiary/aromatic N) is 1. The molecule has 124 valence electrons. The van der Waals surface area contributed by atoms with Gasteiger partial charge in [-0.2, -0.15) is 0 Å². The highest BCUT2D eigenvalue weighted by Crippen LogP contribution is 2.35. The molecule has 3 nitrogen and oxygen atoms in total. The second-order valence-corrected chi connectivity index (χ2v) is 7.61. The molecule has 5 atom stereocenters. The summed E-state index contributed by atoms with van der Waals surface area (Å²) in [6.07, 6.45) is 5.45. The third-order valence-corrected chi connectivity index (χ3v) is 5.62. The number of hydrogen-bond acceptors (Lipinski definition) is 3. The number of ether oxygens (including phenoxy) is 1. The van der Waals surface area contributed by atoms with E-state index in [0.717, 1.165) is 42.9 Å². The molecule has 0 amide bonds. The van der Waals surface area contributed by atoms with Crippen molar-refractivity contribution in [2.24, 2.45) is 23.7 Å². The zero-order chi connectivity index (χ0) is 15.2. The van der Waals surface area contributed by atoms with Crippen LogP contribution in [0.4, 0.5) is 0 Å². The second-order valence-electron chi connectivity index (χ2n) is 7.61. The molecule has 1 saturated heterocycles. The standard InChI is InChI=1S/C18H36N2O/c1-5-19-18-10-14(2)9-15(3)17(18)12-20-8-6-7-16(11-20)13-21-4/h14-19H,5-13H2,1-4H3. The van der Waals surface area contributed by atoms with Crippen LogP contribution < -0.4 is 5.32 Å². The van der Waals surface area contributed by atoms with Gasteiger partial charge in [-0.1, -0.05) is 20.8 Å². The normalized spacial score (nSPS) is 38.6. The van der Waals surface area contributed by atoms with Crippen molar-refractivity contribution in [2.75, 3.05) is 39.9 Å². The summed E-state index contributed by atoms with van der Waals surface area (Å²) in [5.74, 6) is 3.30. The number of rotatable bonds is 6. The van der Waals surface area contributed by atoms with E-state index >= 15 is 0 Å². The highest BCUT2D eigenvalue weighted by molar-refractivity contribution is 4.90. The molecule has 1 heterocycles. The Labute approximate surface area is 131 Å². The molecule has 0 aromatic carbocycles. The van der Waals surface area contributed by atoms with E-state index in [-0.39, 0.29) is 0 Å². The van der Waals surface area contributed by atoms with Gasteiger partial charge in [-0.3, -0.25) is 0 Å². The van der Waals surface area contributed by atoms with Crippen LogP contribution in [0, 0.1) is 23.7 Å². The molecule has 0 spiro atoms. The molecule has 1 aliphatic carbocycles. The molecule has 1 N–H and O–H groups in total. The fraction of sp³-hybridized carbons (Fsp3) is 1.00. The largest absolute Gasteiger partial charge is 0.384 e. The van der Waals surface area contributed by atoms with Crippen molar-refractivity contribution in [1.29, 1.82) is 0 Å². The minimum absolute atomic E-state index is 0.719. The van der Waals surface area contributed by atoms with E-state index in [2.05, 4.69) is 31.0 Å². The molecule has 1 saturated carbocycles. The Balaban J connectivity index is 1.91. The molecule has 2 aliphatic rings. The van der Waals surface area contributed by atoms with Gasteiger partial charge in [0.2, 0.25) is 0 Å². The van der Waals surface area contributed by atoms with E-state index in [1.165, 1.54) is 45.3 Å². The zero-order valence-corrected chi connectivity index (χ0v) is 14.6. The Morgan fingerprint density at radius 2 is 2.05 bits per heavy atom. The monoisotopic (exact) mass is 296 g/mol. The van der Waals surface area contributed by atoms with Crippen LogP contribution in [0.1, 0.15) is 46.5 Å². The van der Waals surface area contributed by atoms with Gasteiger partial charge < -0.3 is 15.0 Å². The third-order valence-electron chi connectivity index (χ3n) is 5.62. The van der Waals surface area contributed by atoms with Crippen LogP contribution in [0.2, 0.25) is 0 Å². The average molecular weight is 296 g/mol. The summed E-state index contributed by atoms with van der Waals surface area (Å²) < 4.78 is 5.38. The lowest BCUT2D eigenvalue weighted by Gasteiger charge is -2.44. The van der Waals surface area contributed by atoms with Crippen LogP contribution in [-0.4, -0.2) is 50.8 Å². The van der Waals surface area contributed by atoms with Crippen molar-refractivity contribution in [3.8, 4) is 0 Å². The van der Waals surface area contributed by atoms with Crippen LogP contribution >= 0.6 is 0 Å². The van der Waals surface area contributed by atoms with E-state index < -0.39 is 0 Å². The summed E-state index contributed by atoms with van der Waals surface area (Å²) in [5.41, 5.74) is 0. The minimum atomic E-state index is 0.719. The number of hydrogen-bond donors (Lipinski definition) is 1. The number of nitrogens with one attached hydrogen (secondary N) is 1. The highest BCUT2D eigenvalue weighted by Gasteiger charge is 2.35. The van der Waals surface area contributed by atoms with Crippen molar-refractivity contribution in [2.45, 2.75) is 52.5 Å². The predicted molar refractivity (Wildman–Crippen MR) is 89.6 cm³/mol. The van der Waals surface area contributed by atoms with Gasteiger partial charge >= 0.3 is 0 Å². The summed E-state index contributed by atoms with van der Waals surface area (Å²) in [6, 6.07) is 0.719. The van der Waals surface area contributed by atoms with E-state index in [4.69, 9.17) is 4.74 Å². The Kier molecular flexibility index (Phi) is 6.97. The van der Waals surface area contributed by atoms with Gasteiger partial charge in [-0.05, 0) is 62.4 Å². The minimum Gasteiger partial charge on any atom is -0.384 e. The van der Waals surface area contributed by atoms with Crippen LogP contribution in [-0.2, 0) is 4.74 Å². The zero-order valence-electron chi connectivity index (χ0n) is 14.6. The Morgan fingerprint density at radius 1 is 1.24 bits per heavy atom. The summed E-state index contributed by atoms with van der Waals surface area (Å²) in [5, 5.41) is 3.77. The lowest BCUT2D eigenvalue weighted by Crippen LogP contribution is -2.50. The molecule has 5 unspecified atom stereocenters. The van der Waals surface area contributed by atoms with Crippen LogP contribution in [0.25, 0.3) is 0 Å². The summed E-state index contributed by atoms with van der Waals surface area (Å²) in [4.78, 5) is 2.72. The first kappa shape index (κ1) is 17.2. The first-order valence-electron chi connectivity index (χ1n) is 9.08. The quantitative estimate of drug-likeness (QED) is 0.815. The van der Waals surface area contributed by atoms with E-state index in [0.29, 0.717) is 0 Å². The molecule has 0 bridgehead atoms. The van der Waals surface area contributed by atoms with Crippen molar-refractivity contribution < 1.29 is 4.74 Å². The first-order chi connectivity index (χ1) is 10.1. The van der Waals surface area contributed by atoms with Crippen LogP contribution in [0.15, 0.2) is 0 Å². The van der Waals surface area contributed by atoms with Gasteiger partial charge in [0.15, 0.2) is 0 Å². The highest BCUT2D eigenvalue weighted by atomic mass is 16.5. The lowest BCUT2D eigenvalue weighted by molar-refractivity contribution is 0.0542. The maximum absolute atomic E-state index is 5.38. The molecule has 21 heavy (non-hydrogen) atoms. The molecule has 2 rings (SSSR count). The predicted octanol–water partition coefficient (Wildman–Crippen LogP) is 3.01. The molecule has 0 radical (unpaired) electrons. The fourth-order valence-electron chi connectivity index (χ4n) is 4.70. The molecule has 2 fully saturated rings. The van der Waals surface area contributed by atoms with E-state index in [1.807, 2.05) is 7.11 Å². The van der Waals surface area contributed by atoms with Crippen LogP contribution in [0.5, 0.6) is 0 Å². The Morgan fingerprint density at radius 3 is 2.76 bits per heavy atom. The molecule has 0 aromatic heterocycles. The maximum atomic E-state index is 5.38. The third kappa shape index (κ3) is 4.94. The van der Waals surface area contributed by atoms with Gasteiger partial charge in [-0.25, -0.2) is 0 Å². The van der Waals surface area contributed by atoms with Crippen molar-refractivity contribution in [3.05, 3.63) is 0 Å². The summed E-state index contributed by atoms with van der Waals surface area (Å²) in [7, 11) is 1.84. The van der Waals surface area contributed by atoms with Crippen molar-refractivity contribution in [3.63, 3.8) is 0 Å². The van der Waals surface area contributed by atoms with Gasteiger partial charge in [0, 0.05) is 26.2 Å². The summed E-state index contributed by atoms with van der Waals surface area (Å²) >= 11 is 0. The van der Waals surface area contributed by atoms with Gasteiger partial charge in [0.1, 0.15) is 0 Å². The number of likely N-dealkylation sites (tertiary alicyclic amines) is 1. The smallest absolute Gasteiger partial charge is 0.0502 e. The first-order valence-corrected chi connectivity index (χ1v) is 9.08. The second kappa shape index (κ2) is 8.50. The van der Waals surface area contributed by atoms with E-state index in [9.17, 15) is 0 Å². The average Bonchev–Trinajstić information content (AvgIpc) is 2.44. The molecule has 0 aromatic rings. The van der Waals surface area contributed by atoms with Crippen LogP contribution in [0.3, 0.4) is 0 Å². The van der Waals surface area contributed by atoms with Gasteiger partial charge in [-0.15, -0.1) is 0 Å². The van der Waals surface area contributed by atoms with Gasteiger partial charge in [0.05, 0.1) is 6.61 Å². The summed E-state index contributed by atoms with van der Waals surface area (Å²) in [6.45, 7) is 13.0. The molecule has 3 heteroatoms. The molecular weight excluding hydrogens is 260 g/mol. The SMILES string of the molecule is CCNC1CC(C)CC(C)C1CN1CCCC(COC)C1. The number of piperidine rings is 1. The van der Waals surface area contributed by atoms with Crippen molar-refractivity contribution in [1.82, 2.24) is 10.2 Å². The van der Waals surface area contributed by atoms with Crippen molar-refractivity contribution >= 4 is 0 Å². The molecular formula is C18H36N2O. The van der Waals surface area contributed by atoms with Gasteiger partial charge in [0.25, 0.3) is 0 Å². The fourth-order valence-corrected chi connectivity index (χ4v) is 4.70. The maximum Gasteiger partial charge on any atom is 0.0502 e.